The van der Waals surface area contributed by atoms with E-state index in [4.69, 9.17) is 5.11 Å². The highest BCUT2D eigenvalue weighted by molar-refractivity contribution is 7.12. The highest BCUT2D eigenvalue weighted by Crippen LogP contribution is 2.18. The number of carboxylic acid groups (broad SMARTS) is 1. The molecule has 0 unspecified atom stereocenters. The van der Waals surface area contributed by atoms with E-state index in [9.17, 15) is 9.59 Å². The number of aryl methyl sites for hydroxylation is 1. The number of anilines is 1. The Bertz CT molecular complexity index is 607. The van der Waals surface area contributed by atoms with Crippen molar-refractivity contribution in [2.24, 2.45) is 0 Å². The number of amides is 1. The van der Waals surface area contributed by atoms with Gasteiger partial charge in [0.2, 0.25) is 0 Å². The number of carbonyl (C=O) groups excluding carboxylic acids is 1. The van der Waals surface area contributed by atoms with Crippen LogP contribution in [0.3, 0.4) is 0 Å². The summed E-state index contributed by atoms with van der Waals surface area (Å²) in [5.41, 5.74) is 0.824. The Balaban J connectivity index is 2.28. The number of nitrogens with zero attached hydrogens (tertiary/aromatic N) is 1. The van der Waals surface area contributed by atoms with Gasteiger partial charge in [-0.05, 0) is 36.1 Å². The van der Waals surface area contributed by atoms with Crippen molar-refractivity contribution in [1.82, 2.24) is 4.98 Å². The van der Waals surface area contributed by atoms with Gasteiger partial charge in [0.15, 0.2) is 0 Å². The van der Waals surface area contributed by atoms with Crippen LogP contribution in [0.25, 0.3) is 0 Å². The Morgan fingerprint density at radius 3 is 2.78 bits per heavy atom. The van der Waals surface area contributed by atoms with Crippen LogP contribution in [0.5, 0.6) is 0 Å². The van der Waals surface area contributed by atoms with E-state index in [0.29, 0.717) is 4.88 Å². The number of thiophene rings is 1. The van der Waals surface area contributed by atoms with Gasteiger partial charge in [-0.3, -0.25) is 4.79 Å². The molecule has 0 spiro atoms. The van der Waals surface area contributed by atoms with Gasteiger partial charge in [0.1, 0.15) is 11.4 Å². The second kappa shape index (κ2) is 4.97. The number of aromatic nitrogens is 1. The zero-order valence-corrected chi connectivity index (χ0v) is 10.3. The molecule has 0 aliphatic rings. The number of nitrogens with one attached hydrogen (secondary N) is 1. The summed E-state index contributed by atoms with van der Waals surface area (Å²) in [6.45, 7) is 1.82. The number of carboxylic acids is 1. The minimum Gasteiger partial charge on any atom is -0.478 e. The van der Waals surface area contributed by atoms with Gasteiger partial charge >= 0.3 is 5.97 Å². The largest absolute Gasteiger partial charge is 0.478 e. The monoisotopic (exact) mass is 262 g/mol. The molecule has 92 valence electrons. The third-order valence-corrected chi connectivity index (χ3v) is 3.35. The van der Waals surface area contributed by atoms with Gasteiger partial charge in [-0.1, -0.05) is 0 Å². The summed E-state index contributed by atoms with van der Waals surface area (Å²) in [6, 6.07) is 4.73. The second-order valence-electron chi connectivity index (χ2n) is 3.59. The van der Waals surface area contributed by atoms with E-state index >= 15 is 0 Å². The minimum absolute atomic E-state index is 0.0277. The molecule has 0 aliphatic carbocycles. The number of rotatable bonds is 3. The van der Waals surface area contributed by atoms with Crippen molar-refractivity contribution < 1.29 is 14.7 Å². The smallest absolute Gasteiger partial charge is 0.339 e. The molecule has 2 aromatic rings. The Hall–Kier alpha value is -2.21. The summed E-state index contributed by atoms with van der Waals surface area (Å²) in [6.07, 6.45) is 1.43. The van der Waals surface area contributed by atoms with E-state index < -0.39 is 5.97 Å². The Labute approximate surface area is 107 Å². The van der Waals surface area contributed by atoms with E-state index in [2.05, 4.69) is 10.3 Å². The van der Waals surface area contributed by atoms with Crippen LogP contribution in [0.15, 0.2) is 29.8 Å². The van der Waals surface area contributed by atoms with Gasteiger partial charge in [0.25, 0.3) is 5.91 Å². The van der Waals surface area contributed by atoms with Crippen molar-refractivity contribution in [3.05, 3.63) is 45.8 Å². The molecule has 0 aromatic carbocycles. The van der Waals surface area contributed by atoms with Crippen LogP contribution in [-0.2, 0) is 0 Å². The fourth-order valence-corrected chi connectivity index (χ4v) is 2.27. The fraction of sp³-hybridized carbons (Fsp3) is 0.0833. The number of hydrogen-bond donors (Lipinski definition) is 2. The van der Waals surface area contributed by atoms with Gasteiger partial charge in [0.05, 0.1) is 4.88 Å². The first-order valence-corrected chi connectivity index (χ1v) is 6.01. The normalized spacial score (nSPS) is 10.1. The molecular weight excluding hydrogens is 252 g/mol. The lowest BCUT2D eigenvalue weighted by atomic mass is 10.2. The van der Waals surface area contributed by atoms with Crippen LogP contribution < -0.4 is 5.32 Å². The molecule has 0 fully saturated rings. The van der Waals surface area contributed by atoms with Gasteiger partial charge in [0, 0.05) is 6.20 Å². The average molecular weight is 262 g/mol. The Kier molecular flexibility index (Phi) is 3.38. The first kappa shape index (κ1) is 12.3. The highest BCUT2D eigenvalue weighted by Gasteiger charge is 2.16. The molecular formula is C12H10N2O3S. The van der Waals surface area contributed by atoms with Gasteiger partial charge < -0.3 is 10.4 Å². The maximum atomic E-state index is 11.9. The van der Waals surface area contributed by atoms with Crippen LogP contribution in [0.4, 0.5) is 5.82 Å². The average Bonchev–Trinajstić information content (AvgIpc) is 2.76. The van der Waals surface area contributed by atoms with Crippen LogP contribution >= 0.6 is 11.3 Å². The third-order valence-electron chi connectivity index (χ3n) is 2.34. The summed E-state index contributed by atoms with van der Waals surface area (Å²) in [7, 11) is 0. The number of carbonyl (C=O) groups is 2. The lowest BCUT2D eigenvalue weighted by molar-refractivity contribution is 0.0697. The minimum atomic E-state index is -1.12. The zero-order chi connectivity index (χ0) is 13.1. The lowest BCUT2D eigenvalue weighted by Gasteiger charge is -2.06. The fourth-order valence-electron chi connectivity index (χ4n) is 1.45. The molecule has 6 heteroatoms. The molecule has 0 saturated carbocycles. The molecule has 2 rings (SSSR count). The summed E-state index contributed by atoms with van der Waals surface area (Å²) < 4.78 is 0. The molecule has 5 nitrogen and oxygen atoms in total. The molecule has 0 atom stereocenters. The summed E-state index contributed by atoms with van der Waals surface area (Å²) >= 11 is 1.30. The van der Waals surface area contributed by atoms with E-state index in [1.54, 1.807) is 5.38 Å². The molecule has 1 amide bonds. The summed E-state index contributed by atoms with van der Waals surface area (Å²) in [4.78, 5) is 27.3. The van der Waals surface area contributed by atoms with Crippen LogP contribution in [0, 0.1) is 6.92 Å². The van der Waals surface area contributed by atoms with E-state index in [-0.39, 0.29) is 17.3 Å². The van der Waals surface area contributed by atoms with Crippen molar-refractivity contribution in [3.63, 3.8) is 0 Å². The molecule has 2 heterocycles. The van der Waals surface area contributed by atoms with Crippen molar-refractivity contribution >= 4 is 29.0 Å². The quantitative estimate of drug-likeness (QED) is 0.890. The first-order valence-electron chi connectivity index (χ1n) is 5.13. The summed E-state index contributed by atoms with van der Waals surface area (Å²) in [5.74, 6) is -1.41. The highest BCUT2D eigenvalue weighted by atomic mass is 32.1. The van der Waals surface area contributed by atoms with Crippen molar-refractivity contribution in [3.8, 4) is 0 Å². The second-order valence-corrected chi connectivity index (χ2v) is 4.51. The number of pyridine rings is 1. The van der Waals surface area contributed by atoms with E-state index in [1.807, 2.05) is 13.0 Å². The molecule has 0 bridgehead atoms. The Morgan fingerprint density at radius 2 is 2.17 bits per heavy atom. The van der Waals surface area contributed by atoms with E-state index in [0.717, 1.165) is 5.56 Å². The lowest BCUT2D eigenvalue weighted by Crippen LogP contribution is -2.15. The standard InChI is InChI=1S/C12H10N2O3S/c1-7-4-6-18-9(7)11(15)14-10-8(12(16)17)3-2-5-13-10/h2-6H,1H3,(H,16,17)(H,13,14,15). The molecule has 18 heavy (non-hydrogen) atoms. The molecule has 0 aliphatic heterocycles. The molecule has 2 N–H and O–H groups in total. The topological polar surface area (TPSA) is 79.3 Å². The van der Waals surface area contributed by atoms with Crippen LogP contribution in [0.1, 0.15) is 25.6 Å². The van der Waals surface area contributed by atoms with Crippen LogP contribution in [0.2, 0.25) is 0 Å². The predicted octanol–water partition coefficient (Wildman–Crippen LogP) is 2.40. The molecule has 2 aromatic heterocycles. The van der Waals surface area contributed by atoms with Crippen LogP contribution in [-0.4, -0.2) is 22.0 Å². The Morgan fingerprint density at radius 1 is 1.39 bits per heavy atom. The van der Waals surface area contributed by atoms with Gasteiger partial charge in [-0.25, -0.2) is 9.78 Å². The SMILES string of the molecule is Cc1ccsc1C(=O)Nc1ncccc1C(=O)O. The van der Waals surface area contributed by atoms with E-state index in [1.165, 1.54) is 29.7 Å². The van der Waals surface area contributed by atoms with Gasteiger partial charge in [-0.15, -0.1) is 11.3 Å². The summed E-state index contributed by atoms with van der Waals surface area (Å²) in [5, 5.41) is 13.3. The van der Waals surface area contributed by atoms with Gasteiger partial charge in [-0.2, -0.15) is 0 Å². The molecule has 0 radical (unpaired) electrons. The first-order chi connectivity index (χ1) is 8.59. The third kappa shape index (κ3) is 2.38. The maximum Gasteiger partial charge on any atom is 0.339 e. The zero-order valence-electron chi connectivity index (χ0n) is 9.51. The predicted molar refractivity (Wildman–Crippen MR) is 68.2 cm³/mol. The number of hydrogen-bond acceptors (Lipinski definition) is 4. The molecule has 0 saturated heterocycles. The number of aromatic carboxylic acids is 1. The maximum absolute atomic E-state index is 11.9. The van der Waals surface area contributed by atoms with Crippen molar-refractivity contribution in [1.29, 1.82) is 0 Å². The van der Waals surface area contributed by atoms with Crippen molar-refractivity contribution in [2.75, 3.05) is 5.32 Å². The van der Waals surface area contributed by atoms with Crippen molar-refractivity contribution in [2.45, 2.75) is 6.92 Å².